The minimum absolute atomic E-state index is 0.639. The molecule has 0 unspecified atom stereocenters. The number of rotatable bonds is 6. The molecule has 4 nitrogen and oxygen atoms in total. The van der Waals surface area contributed by atoms with Crippen LogP contribution in [0.25, 0.3) is 0 Å². The first-order valence-corrected chi connectivity index (χ1v) is 9.96. The number of methoxy groups -OCH3 is 2. The highest BCUT2D eigenvalue weighted by Gasteiger charge is 2.34. The van der Waals surface area contributed by atoms with Crippen molar-refractivity contribution in [1.82, 2.24) is 9.80 Å². The maximum Gasteiger partial charge on any atom is 0.161 e. The highest BCUT2D eigenvalue weighted by molar-refractivity contribution is 5.42. The van der Waals surface area contributed by atoms with Gasteiger partial charge in [-0.3, -0.25) is 9.80 Å². The second-order valence-electron chi connectivity index (χ2n) is 7.90. The van der Waals surface area contributed by atoms with Gasteiger partial charge in [0.25, 0.3) is 0 Å². The van der Waals surface area contributed by atoms with Crippen LogP contribution in [0.4, 0.5) is 0 Å². The van der Waals surface area contributed by atoms with Crippen LogP contribution >= 0.6 is 0 Å². The van der Waals surface area contributed by atoms with Crippen LogP contribution < -0.4 is 9.47 Å². The zero-order chi connectivity index (χ0) is 18.6. The Labute approximate surface area is 162 Å². The number of nitrogens with zero attached hydrogens (tertiary/aromatic N) is 2. The van der Waals surface area contributed by atoms with Gasteiger partial charge < -0.3 is 9.47 Å². The second kappa shape index (κ2) is 8.32. The van der Waals surface area contributed by atoms with Gasteiger partial charge in [-0.25, -0.2) is 0 Å². The fourth-order valence-electron chi connectivity index (χ4n) is 4.65. The topological polar surface area (TPSA) is 24.9 Å². The van der Waals surface area contributed by atoms with E-state index >= 15 is 0 Å². The lowest BCUT2D eigenvalue weighted by Crippen LogP contribution is -2.43. The van der Waals surface area contributed by atoms with E-state index in [1.807, 2.05) is 6.07 Å². The van der Waals surface area contributed by atoms with Gasteiger partial charge in [-0.2, -0.15) is 0 Å². The molecule has 3 aliphatic heterocycles. The molecule has 0 saturated carbocycles. The van der Waals surface area contributed by atoms with Gasteiger partial charge in [-0.1, -0.05) is 36.4 Å². The molecule has 3 aliphatic rings. The molecule has 4 heteroatoms. The van der Waals surface area contributed by atoms with E-state index in [4.69, 9.17) is 9.47 Å². The Balaban J connectivity index is 1.45. The minimum atomic E-state index is 0.639. The van der Waals surface area contributed by atoms with E-state index in [1.54, 1.807) is 14.2 Å². The monoisotopic (exact) mass is 366 g/mol. The summed E-state index contributed by atoms with van der Waals surface area (Å²) in [6, 6.07) is 17.8. The second-order valence-corrected chi connectivity index (χ2v) is 7.90. The lowest BCUT2D eigenvalue weighted by Gasteiger charge is -2.36. The third kappa shape index (κ3) is 4.28. The summed E-state index contributed by atoms with van der Waals surface area (Å²) in [4.78, 5) is 5.34. The molecule has 0 aliphatic carbocycles. The summed E-state index contributed by atoms with van der Waals surface area (Å²) in [5, 5.41) is 0. The summed E-state index contributed by atoms with van der Waals surface area (Å²) in [5.74, 6) is 2.39. The predicted octanol–water partition coefficient (Wildman–Crippen LogP) is 3.80. The maximum absolute atomic E-state index is 5.48. The van der Waals surface area contributed by atoms with Crippen LogP contribution in [0.5, 0.6) is 11.5 Å². The number of hydrogen-bond acceptors (Lipinski definition) is 4. The zero-order valence-electron chi connectivity index (χ0n) is 16.4. The van der Waals surface area contributed by atoms with Crippen molar-refractivity contribution in [1.29, 1.82) is 0 Å². The SMILES string of the molecule is COc1ccc(CN2C[C@H]3CC[C@@H]2CN(Cc2ccccc2)C3)cc1OC. The van der Waals surface area contributed by atoms with Gasteiger partial charge in [0.2, 0.25) is 0 Å². The van der Waals surface area contributed by atoms with Gasteiger partial charge in [0, 0.05) is 38.8 Å². The van der Waals surface area contributed by atoms with Gasteiger partial charge in [0.15, 0.2) is 11.5 Å². The maximum atomic E-state index is 5.48. The van der Waals surface area contributed by atoms with Crippen LogP contribution in [0.2, 0.25) is 0 Å². The van der Waals surface area contributed by atoms with Crippen molar-refractivity contribution in [3.05, 3.63) is 59.7 Å². The summed E-state index contributed by atoms with van der Waals surface area (Å²) in [6.45, 7) is 5.63. The average Bonchev–Trinajstić information content (AvgIpc) is 2.99. The first kappa shape index (κ1) is 18.3. The number of benzene rings is 2. The highest BCUT2D eigenvalue weighted by atomic mass is 16.5. The van der Waals surface area contributed by atoms with Crippen molar-refractivity contribution in [2.75, 3.05) is 33.9 Å². The Morgan fingerprint density at radius 1 is 0.815 bits per heavy atom. The quantitative estimate of drug-likeness (QED) is 0.776. The Kier molecular flexibility index (Phi) is 5.65. The fraction of sp³-hybridized carbons (Fsp3) is 0.478. The molecular formula is C23H30N2O2. The van der Waals surface area contributed by atoms with Crippen molar-refractivity contribution >= 4 is 0 Å². The first-order chi connectivity index (χ1) is 13.2. The number of fused-ring (bicyclic) bond motifs is 4. The molecule has 0 radical (unpaired) electrons. The molecule has 3 heterocycles. The van der Waals surface area contributed by atoms with Crippen LogP contribution in [-0.2, 0) is 13.1 Å². The summed E-state index contributed by atoms with van der Waals surface area (Å²) in [6.07, 6.45) is 2.67. The van der Waals surface area contributed by atoms with Crippen molar-refractivity contribution in [2.24, 2.45) is 5.92 Å². The summed E-state index contributed by atoms with van der Waals surface area (Å²) < 4.78 is 10.9. The van der Waals surface area contributed by atoms with E-state index in [-0.39, 0.29) is 0 Å². The van der Waals surface area contributed by atoms with Crippen molar-refractivity contribution in [2.45, 2.75) is 32.0 Å². The van der Waals surface area contributed by atoms with Crippen LogP contribution in [-0.4, -0.2) is 49.7 Å². The molecule has 27 heavy (non-hydrogen) atoms. The molecule has 2 aromatic rings. The number of ether oxygens (including phenoxy) is 2. The molecule has 5 rings (SSSR count). The zero-order valence-corrected chi connectivity index (χ0v) is 16.4. The van der Waals surface area contributed by atoms with Crippen LogP contribution in [0.3, 0.4) is 0 Å². The highest BCUT2D eigenvalue weighted by Crippen LogP contribution is 2.32. The third-order valence-corrected chi connectivity index (χ3v) is 5.99. The molecule has 0 spiro atoms. The minimum Gasteiger partial charge on any atom is -0.493 e. The van der Waals surface area contributed by atoms with E-state index in [9.17, 15) is 0 Å². The molecular weight excluding hydrogens is 336 g/mol. The Morgan fingerprint density at radius 2 is 1.63 bits per heavy atom. The van der Waals surface area contributed by atoms with Crippen LogP contribution in [0, 0.1) is 5.92 Å². The lowest BCUT2D eigenvalue weighted by molar-refractivity contribution is 0.123. The number of hydrogen-bond donors (Lipinski definition) is 0. The number of piperidine rings is 1. The fourth-order valence-corrected chi connectivity index (χ4v) is 4.65. The first-order valence-electron chi connectivity index (χ1n) is 9.96. The van der Waals surface area contributed by atoms with Gasteiger partial charge in [-0.15, -0.1) is 0 Å². The Bertz CT molecular complexity index is 749. The smallest absolute Gasteiger partial charge is 0.161 e. The molecule has 2 atom stereocenters. The molecule has 2 bridgehead atoms. The Morgan fingerprint density at radius 3 is 2.41 bits per heavy atom. The normalized spacial score (nSPS) is 23.2. The molecule has 0 N–H and O–H groups in total. The van der Waals surface area contributed by atoms with Crippen LogP contribution in [0.1, 0.15) is 24.0 Å². The standard InChI is InChI=1S/C23H30N2O2/c1-26-22-11-9-19(12-23(22)27-2)15-25-16-20-8-10-21(25)17-24(14-20)13-18-6-4-3-5-7-18/h3-7,9,11-12,20-21H,8,10,13-17H2,1-2H3/t20-,21+/m0/s1. The predicted molar refractivity (Wildman–Crippen MR) is 108 cm³/mol. The van der Waals surface area contributed by atoms with E-state index in [2.05, 4.69) is 52.3 Å². The molecule has 3 fully saturated rings. The van der Waals surface area contributed by atoms with E-state index in [0.29, 0.717) is 6.04 Å². The molecule has 0 aromatic heterocycles. The molecule has 3 saturated heterocycles. The Hall–Kier alpha value is -2.04. The molecule has 144 valence electrons. The molecule has 2 aromatic carbocycles. The molecule has 0 amide bonds. The average molecular weight is 367 g/mol. The van der Waals surface area contributed by atoms with Gasteiger partial charge >= 0.3 is 0 Å². The van der Waals surface area contributed by atoms with Crippen LogP contribution in [0.15, 0.2) is 48.5 Å². The summed E-state index contributed by atoms with van der Waals surface area (Å²) >= 11 is 0. The van der Waals surface area contributed by atoms with E-state index in [0.717, 1.165) is 30.5 Å². The van der Waals surface area contributed by atoms with Crippen molar-refractivity contribution in [3.63, 3.8) is 0 Å². The van der Waals surface area contributed by atoms with Gasteiger partial charge in [0.1, 0.15) is 0 Å². The summed E-state index contributed by atoms with van der Waals surface area (Å²) in [7, 11) is 3.39. The van der Waals surface area contributed by atoms with Gasteiger partial charge in [-0.05, 0) is 42.0 Å². The van der Waals surface area contributed by atoms with Crippen molar-refractivity contribution < 1.29 is 9.47 Å². The van der Waals surface area contributed by atoms with E-state index < -0.39 is 0 Å². The van der Waals surface area contributed by atoms with E-state index in [1.165, 1.54) is 43.6 Å². The summed E-state index contributed by atoms with van der Waals surface area (Å²) in [5.41, 5.74) is 2.72. The van der Waals surface area contributed by atoms with Crippen molar-refractivity contribution in [3.8, 4) is 11.5 Å². The largest absolute Gasteiger partial charge is 0.493 e. The lowest BCUT2D eigenvalue weighted by atomic mass is 9.94. The third-order valence-electron chi connectivity index (χ3n) is 5.99. The van der Waals surface area contributed by atoms with Gasteiger partial charge in [0.05, 0.1) is 14.2 Å².